The molecule has 1 aromatic heterocycles. The fourth-order valence-electron chi connectivity index (χ4n) is 1.84. The molecule has 20 heavy (non-hydrogen) atoms. The molecule has 0 aliphatic carbocycles. The number of nitro groups is 1. The van der Waals surface area contributed by atoms with Crippen LogP contribution in [0.2, 0.25) is 0 Å². The zero-order chi connectivity index (χ0) is 14.5. The van der Waals surface area contributed by atoms with E-state index in [1.54, 1.807) is 12.1 Å². The van der Waals surface area contributed by atoms with Crippen LogP contribution in [0.3, 0.4) is 0 Å². The third kappa shape index (κ3) is 3.42. The summed E-state index contributed by atoms with van der Waals surface area (Å²) in [7, 11) is 0. The first-order valence-corrected chi connectivity index (χ1v) is 6.35. The SMILES string of the molecule is CCCNCc1ccc(-c2cc(F)cc([N+](=O)[O-])c2)o1. The normalized spacial score (nSPS) is 10.7. The Labute approximate surface area is 115 Å². The molecule has 0 spiro atoms. The minimum absolute atomic E-state index is 0.290. The highest BCUT2D eigenvalue weighted by molar-refractivity contribution is 5.61. The Morgan fingerprint density at radius 2 is 2.15 bits per heavy atom. The predicted octanol–water partition coefficient (Wildman–Crippen LogP) is 3.49. The van der Waals surface area contributed by atoms with Crippen LogP contribution in [0.1, 0.15) is 19.1 Å². The number of benzene rings is 1. The molecule has 1 heterocycles. The molecule has 5 nitrogen and oxygen atoms in total. The average Bonchev–Trinajstić information content (AvgIpc) is 2.87. The molecule has 0 saturated carbocycles. The van der Waals surface area contributed by atoms with Crippen LogP contribution in [0.25, 0.3) is 11.3 Å². The summed E-state index contributed by atoms with van der Waals surface area (Å²) in [6, 6.07) is 6.85. The lowest BCUT2D eigenvalue weighted by Crippen LogP contribution is -2.12. The molecule has 106 valence electrons. The number of non-ortho nitro benzene ring substituents is 1. The van der Waals surface area contributed by atoms with Crippen molar-refractivity contribution in [1.82, 2.24) is 5.32 Å². The van der Waals surface area contributed by atoms with Gasteiger partial charge in [0.2, 0.25) is 0 Å². The summed E-state index contributed by atoms with van der Waals surface area (Å²) in [6.07, 6.45) is 1.02. The van der Waals surface area contributed by atoms with E-state index in [0.29, 0.717) is 23.6 Å². The van der Waals surface area contributed by atoms with E-state index in [0.717, 1.165) is 19.0 Å². The average molecular weight is 278 g/mol. The van der Waals surface area contributed by atoms with Crippen molar-refractivity contribution in [3.05, 3.63) is 52.0 Å². The van der Waals surface area contributed by atoms with E-state index in [-0.39, 0.29) is 5.69 Å². The van der Waals surface area contributed by atoms with Crippen LogP contribution in [0.15, 0.2) is 34.7 Å². The minimum Gasteiger partial charge on any atom is -0.460 e. The first kappa shape index (κ1) is 14.2. The molecular weight excluding hydrogens is 263 g/mol. The predicted molar refractivity (Wildman–Crippen MR) is 72.8 cm³/mol. The molecule has 0 unspecified atom stereocenters. The largest absolute Gasteiger partial charge is 0.460 e. The van der Waals surface area contributed by atoms with Gasteiger partial charge in [0.05, 0.1) is 17.5 Å². The van der Waals surface area contributed by atoms with Gasteiger partial charge in [-0.3, -0.25) is 10.1 Å². The maximum atomic E-state index is 13.4. The molecule has 2 aromatic rings. The van der Waals surface area contributed by atoms with E-state index >= 15 is 0 Å². The lowest BCUT2D eigenvalue weighted by Gasteiger charge is -2.00. The third-order valence-corrected chi connectivity index (χ3v) is 2.77. The second-order valence-corrected chi connectivity index (χ2v) is 4.40. The molecule has 0 atom stereocenters. The van der Waals surface area contributed by atoms with Gasteiger partial charge in [0.15, 0.2) is 0 Å². The summed E-state index contributed by atoms with van der Waals surface area (Å²) >= 11 is 0. The summed E-state index contributed by atoms with van der Waals surface area (Å²) in [5.41, 5.74) is 0.0699. The summed E-state index contributed by atoms with van der Waals surface area (Å²) in [5, 5.41) is 13.9. The molecule has 0 amide bonds. The van der Waals surface area contributed by atoms with E-state index in [9.17, 15) is 14.5 Å². The molecule has 0 saturated heterocycles. The van der Waals surface area contributed by atoms with Gasteiger partial charge in [0.1, 0.15) is 17.3 Å². The van der Waals surface area contributed by atoms with Gasteiger partial charge in [-0.25, -0.2) is 4.39 Å². The maximum Gasteiger partial charge on any atom is 0.273 e. The first-order chi connectivity index (χ1) is 9.60. The van der Waals surface area contributed by atoms with Crippen LogP contribution in [0.4, 0.5) is 10.1 Å². The van der Waals surface area contributed by atoms with Gasteiger partial charge in [-0.1, -0.05) is 6.92 Å². The summed E-state index contributed by atoms with van der Waals surface area (Å²) in [6.45, 7) is 3.51. The number of nitro benzene ring substituents is 1. The zero-order valence-corrected chi connectivity index (χ0v) is 11.1. The number of rotatable bonds is 6. The van der Waals surface area contributed by atoms with Crippen molar-refractivity contribution < 1.29 is 13.7 Å². The molecule has 0 bridgehead atoms. The maximum absolute atomic E-state index is 13.4. The number of hydrogen-bond acceptors (Lipinski definition) is 4. The Bertz CT molecular complexity index is 610. The summed E-state index contributed by atoms with van der Waals surface area (Å²) in [4.78, 5) is 10.1. The van der Waals surface area contributed by atoms with Crippen molar-refractivity contribution in [2.75, 3.05) is 6.54 Å². The number of nitrogens with zero attached hydrogens (tertiary/aromatic N) is 1. The van der Waals surface area contributed by atoms with Crippen molar-refractivity contribution in [2.24, 2.45) is 0 Å². The van der Waals surface area contributed by atoms with Crippen LogP contribution in [0.5, 0.6) is 0 Å². The van der Waals surface area contributed by atoms with Gasteiger partial charge in [-0.15, -0.1) is 0 Å². The molecule has 1 N–H and O–H groups in total. The number of halogens is 1. The molecule has 0 radical (unpaired) electrons. The second kappa shape index (κ2) is 6.29. The second-order valence-electron chi connectivity index (χ2n) is 4.40. The van der Waals surface area contributed by atoms with Gasteiger partial charge in [0, 0.05) is 11.6 Å². The highest BCUT2D eigenvalue weighted by atomic mass is 19.1. The lowest BCUT2D eigenvalue weighted by molar-refractivity contribution is -0.385. The first-order valence-electron chi connectivity index (χ1n) is 6.35. The quantitative estimate of drug-likeness (QED) is 0.499. The van der Waals surface area contributed by atoms with Gasteiger partial charge in [0.25, 0.3) is 5.69 Å². The number of hydrogen-bond donors (Lipinski definition) is 1. The molecule has 1 aromatic carbocycles. The van der Waals surface area contributed by atoms with E-state index in [4.69, 9.17) is 4.42 Å². The summed E-state index contributed by atoms with van der Waals surface area (Å²) in [5.74, 6) is 0.470. The van der Waals surface area contributed by atoms with E-state index < -0.39 is 10.7 Å². The van der Waals surface area contributed by atoms with Gasteiger partial charge in [-0.05, 0) is 31.2 Å². The highest BCUT2D eigenvalue weighted by Crippen LogP contribution is 2.27. The molecule has 2 rings (SSSR count). The minimum atomic E-state index is -0.656. The molecule has 0 fully saturated rings. The van der Waals surface area contributed by atoms with Crippen LogP contribution in [0, 0.1) is 15.9 Å². The lowest BCUT2D eigenvalue weighted by atomic mass is 10.1. The van der Waals surface area contributed by atoms with Crippen LogP contribution in [-0.2, 0) is 6.54 Å². The van der Waals surface area contributed by atoms with Crippen molar-refractivity contribution in [2.45, 2.75) is 19.9 Å². The van der Waals surface area contributed by atoms with Crippen molar-refractivity contribution >= 4 is 5.69 Å². The van der Waals surface area contributed by atoms with Gasteiger partial charge >= 0.3 is 0 Å². The Hall–Kier alpha value is -2.21. The Kier molecular flexibility index (Phi) is 4.47. The van der Waals surface area contributed by atoms with Crippen molar-refractivity contribution in [1.29, 1.82) is 0 Å². The zero-order valence-electron chi connectivity index (χ0n) is 11.1. The molecule has 0 aliphatic heterocycles. The Morgan fingerprint density at radius 3 is 2.85 bits per heavy atom. The smallest absolute Gasteiger partial charge is 0.273 e. The molecule has 0 aliphatic rings. The monoisotopic (exact) mass is 278 g/mol. The topological polar surface area (TPSA) is 68.3 Å². The number of furan rings is 1. The van der Waals surface area contributed by atoms with E-state index in [1.807, 2.05) is 0 Å². The third-order valence-electron chi connectivity index (χ3n) is 2.77. The number of nitrogens with one attached hydrogen (secondary N) is 1. The Balaban J connectivity index is 2.21. The van der Waals surface area contributed by atoms with Crippen LogP contribution < -0.4 is 5.32 Å². The van der Waals surface area contributed by atoms with E-state index in [2.05, 4.69) is 12.2 Å². The standard InChI is InChI=1S/C14H15FN2O3/c1-2-5-16-9-13-3-4-14(20-13)10-6-11(15)8-12(7-10)17(18)19/h3-4,6-8,16H,2,5,9H2,1H3. The Morgan fingerprint density at radius 1 is 1.35 bits per heavy atom. The van der Waals surface area contributed by atoms with Crippen LogP contribution >= 0.6 is 0 Å². The van der Waals surface area contributed by atoms with E-state index in [1.165, 1.54) is 12.1 Å². The fraction of sp³-hybridized carbons (Fsp3) is 0.286. The summed E-state index contributed by atoms with van der Waals surface area (Å²) < 4.78 is 18.9. The van der Waals surface area contributed by atoms with Gasteiger partial charge < -0.3 is 9.73 Å². The van der Waals surface area contributed by atoms with Crippen molar-refractivity contribution in [3.63, 3.8) is 0 Å². The molecular formula is C14H15FN2O3. The van der Waals surface area contributed by atoms with Gasteiger partial charge in [-0.2, -0.15) is 0 Å². The van der Waals surface area contributed by atoms with Crippen LogP contribution in [-0.4, -0.2) is 11.5 Å². The molecule has 6 heteroatoms. The highest BCUT2D eigenvalue weighted by Gasteiger charge is 2.13. The fourth-order valence-corrected chi connectivity index (χ4v) is 1.84. The van der Waals surface area contributed by atoms with Crippen molar-refractivity contribution in [3.8, 4) is 11.3 Å².